The molecule has 0 saturated heterocycles. The molecular weight excluding hydrogens is 260 g/mol. The second-order valence-corrected chi connectivity index (χ2v) is 6.22. The highest BCUT2D eigenvalue weighted by atomic mass is 32.2. The van der Waals surface area contributed by atoms with Crippen molar-refractivity contribution in [2.75, 3.05) is 6.54 Å². The standard InChI is InChI=1S/C14H16N2O2S/c17-13(16-10-5-6-10)8-15-14(18)12-7-9-3-1-2-4-11(9)19-12/h1-4,10,12H,5-8H2,(H,15,18)(H,16,17). The van der Waals surface area contributed by atoms with Crippen LogP contribution in [0.4, 0.5) is 0 Å². The predicted molar refractivity (Wildman–Crippen MR) is 74.0 cm³/mol. The summed E-state index contributed by atoms with van der Waals surface area (Å²) >= 11 is 1.58. The Hall–Kier alpha value is -1.49. The van der Waals surface area contributed by atoms with Crippen LogP contribution in [0.3, 0.4) is 0 Å². The summed E-state index contributed by atoms with van der Waals surface area (Å²) in [4.78, 5) is 24.7. The minimum Gasteiger partial charge on any atom is -0.352 e. The van der Waals surface area contributed by atoms with Gasteiger partial charge < -0.3 is 10.6 Å². The third kappa shape index (κ3) is 3.10. The van der Waals surface area contributed by atoms with Crippen LogP contribution in [-0.2, 0) is 16.0 Å². The summed E-state index contributed by atoms with van der Waals surface area (Å²) in [7, 11) is 0. The highest BCUT2D eigenvalue weighted by Gasteiger charge is 2.28. The zero-order valence-corrected chi connectivity index (χ0v) is 11.3. The number of rotatable bonds is 4. The van der Waals surface area contributed by atoms with Crippen LogP contribution in [-0.4, -0.2) is 29.7 Å². The Bertz CT molecular complexity index is 489. The zero-order valence-electron chi connectivity index (χ0n) is 10.5. The van der Waals surface area contributed by atoms with Gasteiger partial charge in [0.1, 0.15) is 0 Å². The Balaban J connectivity index is 1.48. The molecule has 1 atom stereocenters. The van der Waals surface area contributed by atoms with E-state index in [2.05, 4.69) is 16.7 Å². The molecule has 3 rings (SSSR count). The normalized spacial score (nSPS) is 20.7. The number of fused-ring (bicyclic) bond motifs is 1. The van der Waals surface area contributed by atoms with Crippen LogP contribution in [0.1, 0.15) is 18.4 Å². The number of hydrogen-bond acceptors (Lipinski definition) is 3. The molecule has 19 heavy (non-hydrogen) atoms. The lowest BCUT2D eigenvalue weighted by molar-refractivity contribution is -0.125. The third-order valence-electron chi connectivity index (χ3n) is 3.31. The van der Waals surface area contributed by atoms with Gasteiger partial charge in [0, 0.05) is 10.9 Å². The molecule has 0 aromatic heterocycles. The summed E-state index contributed by atoms with van der Waals surface area (Å²) in [5.74, 6) is -0.136. The molecule has 2 N–H and O–H groups in total. The molecule has 1 saturated carbocycles. The van der Waals surface area contributed by atoms with Gasteiger partial charge in [0.15, 0.2) is 0 Å². The van der Waals surface area contributed by atoms with Crippen LogP contribution in [0.15, 0.2) is 29.2 Å². The number of carbonyl (C=O) groups excluding carboxylic acids is 2. The first-order chi connectivity index (χ1) is 9.22. The Labute approximate surface area is 116 Å². The molecule has 0 spiro atoms. The summed E-state index contributed by atoms with van der Waals surface area (Å²) in [6, 6.07) is 8.40. The fourth-order valence-electron chi connectivity index (χ4n) is 2.12. The van der Waals surface area contributed by atoms with Crippen molar-refractivity contribution in [3.8, 4) is 0 Å². The molecule has 0 radical (unpaired) electrons. The number of benzene rings is 1. The van der Waals surface area contributed by atoms with Gasteiger partial charge in [0.2, 0.25) is 11.8 Å². The van der Waals surface area contributed by atoms with E-state index in [-0.39, 0.29) is 23.6 Å². The number of carbonyl (C=O) groups is 2. The van der Waals surface area contributed by atoms with E-state index < -0.39 is 0 Å². The quantitative estimate of drug-likeness (QED) is 0.866. The second kappa shape index (κ2) is 5.25. The minimum atomic E-state index is -0.105. The summed E-state index contributed by atoms with van der Waals surface area (Å²) in [5, 5.41) is 5.47. The lowest BCUT2D eigenvalue weighted by atomic mass is 10.1. The largest absolute Gasteiger partial charge is 0.352 e. The first kappa shape index (κ1) is 12.5. The first-order valence-corrected chi connectivity index (χ1v) is 7.42. The molecule has 1 aliphatic carbocycles. The molecule has 1 fully saturated rings. The summed E-state index contributed by atoms with van der Waals surface area (Å²) in [5.41, 5.74) is 1.22. The highest BCUT2D eigenvalue weighted by Crippen LogP contribution is 2.36. The van der Waals surface area contributed by atoms with Crippen molar-refractivity contribution < 1.29 is 9.59 Å². The zero-order chi connectivity index (χ0) is 13.2. The minimum absolute atomic E-state index is 0.0489. The van der Waals surface area contributed by atoms with Crippen LogP contribution >= 0.6 is 11.8 Å². The SMILES string of the molecule is O=C(CNC(=O)C1Cc2ccccc2S1)NC1CC1. The summed E-state index contributed by atoms with van der Waals surface area (Å²) < 4.78 is 0. The van der Waals surface area contributed by atoms with Gasteiger partial charge in [-0.2, -0.15) is 0 Å². The number of hydrogen-bond donors (Lipinski definition) is 2. The Morgan fingerprint density at radius 2 is 2.05 bits per heavy atom. The van der Waals surface area contributed by atoms with Gasteiger partial charge >= 0.3 is 0 Å². The number of thioether (sulfide) groups is 1. The van der Waals surface area contributed by atoms with Gasteiger partial charge in [-0.1, -0.05) is 18.2 Å². The topological polar surface area (TPSA) is 58.2 Å². The fraction of sp³-hybridized carbons (Fsp3) is 0.429. The summed E-state index contributed by atoms with van der Waals surface area (Å²) in [6.45, 7) is 0.0861. The van der Waals surface area contributed by atoms with E-state index in [0.717, 1.165) is 19.3 Å². The Kier molecular flexibility index (Phi) is 3.46. The fourth-order valence-corrected chi connectivity index (χ4v) is 3.34. The molecule has 1 aromatic rings. The van der Waals surface area contributed by atoms with Crippen molar-refractivity contribution in [3.63, 3.8) is 0 Å². The number of nitrogens with one attached hydrogen (secondary N) is 2. The van der Waals surface area contributed by atoms with E-state index in [1.54, 1.807) is 11.8 Å². The van der Waals surface area contributed by atoms with Gasteiger partial charge in [-0.15, -0.1) is 11.8 Å². The smallest absolute Gasteiger partial charge is 0.239 e. The van der Waals surface area contributed by atoms with Crippen LogP contribution in [0, 0.1) is 0 Å². The molecule has 2 amide bonds. The van der Waals surface area contributed by atoms with Crippen molar-refractivity contribution in [3.05, 3.63) is 29.8 Å². The van der Waals surface area contributed by atoms with Crippen LogP contribution in [0.5, 0.6) is 0 Å². The van der Waals surface area contributed by atoms with E-state index in [1.807, 2.05) is 18.2 Å². The van der Waals surface area contributed by atoms with Gasteiger partial charge in [-0.05, 0) is 30.9 Å². The average molecular weight is 276 g/mol. The van der Waals surface area contributed by atoms with Crippen molar-refractivity contribution in [1.29, 1.82) is 0 Å². The first-order valence-electron chi connectivity index (χ1n) is 6.54. The maximum Gasteiger partial charge on any atom is 0.239 e. The molecule has 0 bridgehead atoms. The monoisotopic (exact) mass is 276 g/mol. The van der Waals surface area contributed by atoms with E-state index in [9.17, 15) is 9.59 Å². The Morgan fingerprint density at radius 3 is 2.79 bits per heavy atom. The molecule has 1 aromatic carbocycles. The molecular formula is C14H16N2O2S. The van der Waals surface area contributed by atoms with Crippen LogP contribution in [0.2, 0.25) is 0 Å². The average Bonchev–Trinajstić information content (AvgIpc) is 3.10. The molecule has 1 aliphatic heterocycles. The van der Waals surface area contributed by atoms with Crippen molar-refractivity contribution in [1.82, 2.24) is 10.6 Å². The molecule has 2 aliphatic rings. The second-order valence-electron chi connectivity index (χ2n) is 4.98. The molecule has 4 nitrogen and oxygen atoms in total. The van der Waals surface area contributed by atoms with Gasteiger partial charge in [0.25, 0.3) is 0 Å². The van der Waals surface area contributed by atoms with Gasteiger partial charge in [-0.25, -0.2) is 0 Å². The van der Waals surface area contributed by atoms with E-state index in [4.69, 9.17) is 0 Å². The maximum absolute atomic E-state index is 12.0. The van der Waals surface area contributed by atoms with E-state index in [1.165, 1.54) is 10.5 Å². The third-order valence-corrected chi connectivity index (χ3v) is 4.62. The summed E-state index contributed by atoms with van der Waals surface area (Å²) in [6.07, 6.45) is 2.87. The maximum atomic E-state index is 12.0. The van der Waals surface area contributed by atoms with Crippen LogP contribution in [0.25, 0.3) is 0 Å². The van der Waals surface area contributed by atoms with Crippen molar-refractivity contribution >= 4 is 23.6 Å². The lowest BCUT2D eigenvalue weighted by Gasteiger charge is -2.09. The van der Waals surface area contributed by atoms with Crippen molar-refractivity contribution in [2.24, 2.45) is 0 Å². The predicted octanol–water partition coefficient (Wildman–Crippen LogP) is 1.10. The lowest BCUT2D eigenvalue weighted by Crippen LogP contribution is -2.41. The Morgan fingerprint density at radius 1 is 1.26 bits per heavy atom. The molecule has 1 heterocycles. The molecule has 1 unspecified atom stereocenters. The van der Waals surface area contributed by atoms with Crippen LogP contribution < -0.4 is 10.6 Å². The molecule has 100 valence electrons. The van der Waals surface area contributed by atoms with E-state index in [0.29, 0.717) is 6.04 Å². The van der Waals surface area contributed by atoms with Gasteiger partial charge in [0.05, 0.1) is 11.8 Å². The number of amides is 2. The van der Waals surface area contributed by atoms with Gasteiger partial charge in [-0.3, -0.25) is 9.59 Å². The van der Waals surface area contributed by atoms with Crippen molar-refractivity contribution in [2.45, 2.75) is 35.4 Å². The highest BCUT2D eigenvalue weighted by molar-refractivity contribution is 8.01. The van der Waals surface area contributed by atoms with E-state index >= 15 is 0 Å². The molecule has 5 heteroatoms.